The van der Waals surface area contributed by atoms with Crippen molar-refractivity contribution >= 4 is 17.0 Å². The van der Waals surface area contributed by atoms with Crippen LogP contribution in [0, 0.1) is 10.1 Å². The highest BCUT2D eigenvalue weighted by Gasteiger charge is 2.50. The van der Waals surface area contributed by atoms with Gasteiger partial charge in [-0.05, 0) is 6.92 Å². The maximum atomic E-state index is 10.6. The molecule has 2 aliphatic heterocycles. The number of rotatable bonds is 5. The first kappa shape index (κ1) is 15.0. The standard InChI is InChI=1S/C13H16N6O5/c1-2-14-12-9-13(16-5-15-12)18(6-17-9)7-3-22-11-8(24-19(20)21)4-23-10(7)11/h5-8,10-11H,2-4H2,1H3,(H,14,15,16)/t7-,8-,10+,11+/m0/s1. The normalized spacial score (nSPS) is 28.9. The number of hydrogen-bond donors (Lipinski definition) is 1. The highest BCUT2D eigenvalue weighted by Crippen LogP contribution is 2.37. The molecular formula is C13H16N6O5. The van der Waals surface area contributed by atoms with Gasteiger partial charge in [0.25, 0.3) is 5.09 Å². The van der Waals surface area contributed by atoms with Gasteiger partial charge < -0.3 is 24.2 Å². The van der Waals surface area contributed by atoms with Crippen molar-refractivity contribution in [2.24, 2.45) is 0 Å². The third kappa shape index (κ3) is 2.32. The summed E-state index contributed by atoms with van der Waals surface area (Å²) in [5.74, 6) is 0.665. The van der Waals surface area contributed by atoms with E-state index in [9.17, 15) is 10.1 Å². The molecule has 11 heteroatoms. The Bertz CT molecular complexity index is 766. The summed E-state index contributed by atoms with van der Waals surface area (Å²) in [6, 6.07) is -0.176. The largest absolute Gasteiger partial charge is 0.371 e. The maximum Gasteiger partial charge on any atom is 0.294 e. The molecule has 0 saturated carbocycles. The minimum atomic E-state index is -0.810. The summed E-state index contributed by atoms with van der Waals surface area (Å²) in [5, 5.41) is 12.9. The van der Waals surface area contributed by atoms with Crippen LogP contribution in [0.3, 0.4) is 0 Å². The molecule has 128 valence electrons. The third-order valence-corrected chi connectivity index (χ3v) is 4.26. The molecule has 0 unspecified atom stereocenters. The van der Waals surface area contributed by atoms with Crippen LogP contribution in [0.2, 0.25) is 0 Å². The molecule has 0 amide bonds. The lowest BCUT2D eigenvalue weighted by Gasteiger charge is -2.17. The first-order valence-corrected chi connectivity index (χ1v) is 7.64. The van der Waals surface area contributed by atoms with E-state index in [4.69, 9.17) is 9.47 Å². The van der Waals surface area contributed by atoms with Gasteiger partial charge in [-0.3, -0.25) is 0 Å². The fourth-order valence-electron chi connectivity index (χ4n) is 3.27. The number of anilines is 1. The van der Waals surface area contributed by atoms with E-state index >= 15 is 0 Å². The molecule has 2 saturated heterocycles. The van der Waals surface area contributed by atoms with E-state index in [1.54, 1.807) is 6.33 Å². The molecular weight excluding hydrogens is 320 g/mol. The van der Waals surface area contributed by atoms with Gasteiger partial charge in [0.2, 0.25) is 0 Å². The second-order valence-corrected chi connectivity index (χ2v) is 5.61. The van der Waals surface area contributed by atoms with Gasteiger partial charge in [-0.25, -0.2) is 15.0 Å². The molecule has 4 atom stereocenters. The Labute approximate surface area is 136 Å². The van der Waals surface area contributed by atoms with Crippen LogP contribution < -0.4 is 5.32 Å². The molecule has 0 bridgehead atoms. The molecule has 24 heavy (non-hydrogen) atoms. The number of hydrogen-bond acceptors (Lipinski definition) is 9. The van der Waals surface area contributed by atoms with Gasteiger partial charge in [-0.15, -0.1) is 10.1 Å². The van der Waals surface area contributed by atoms with Crippen molar-refractivity contribution in [1.29, 1.82) is 0 Å². The molecule has 0 aromatic carbocycles. The lowest BCUT2D eigenvalue weighted by molar-refractivity contribution is -0.769. The van der Waals surface area contributed by atoms with Gasteiger partial charge in [0.15, 0.2) is 17.6 Å². The van der Waals surface area contributed by atoms with Gasteiger partial charge in [0.1, 0.15) is 24.1 Å². The van der Waals surface area contributed by atoms with Crippen LogP contribution in [0.4, 0.5) is 5.82 Å². The summed E-state index contributed by atoms with van der Waals surface area (Å²) in [6.45, 7) is 3.16. The fraction of sp³-hybridized carbons (Fsp3) is 0.615. The van der Waals surface area contributed by atoms with Crippen LogP contribution in [0.15, 0.2) is 12.7 Å². The van der Waals surface area contributed by atoms with Crippen LogP contribution in [0.1, 0.15) is 13.0 Å². The Morgan fingerprint density at radius 3 is 3.00 bits per heavy atom. The SMILES string of the molecule is CCNc1ncnc2c1ncn2[C@H]1CO[C@H]2[C@@H]1OC[C@@H]2O[N+](=O)[O-]. The zero-order valence-corrected chi connectivity index (χ0v) is 12.9. The number of ether oxygens (including phenoxy) is 2. The second-order valence-electron chi connectivity index (χ2n) is 5.61. The van der Waals surface area contributed by atoms with E-state index in [2.05, 4.69) is 25.1 Å². The fourth-order valence-corrected chi connectivity index (χ4v) is 3.27. The van der Waals surface area contributed by atoms with Crippen molar-refractivity contribution in [3.05, 3.63) is 22.8 Å². The van der Waals surface area contributed by atoms with E-state index in [1.807, 2.05) is 11.5 Å². The minimum absolute atomic E-state index is 0.122. The summed E-state index contributed by atoms with van der Waals surface area (Å²) >= 11 is 0. The van der Waals surface area contributed by atoms with Gasteiger partial charge in [-0.1, -0.05) is 0 Å². The average molecular weight is 336 g/mol. The van der Waals surface area contributed by atoms with Gasteiger partial charge >= 0.3 is 0 Å². The van der Waals surface area contributed by atoms with E-state index < -0.39 is 17.3 Å². The van der Waals surface area contributed by atoms with Crippen molar-refractivity contribution in [3.63, 3.8) is 0 Å². The van der Waals surface area contributed by atoms with Crippen molar-refractivity contribution in [2.75, 3.05) is 25.1 Å². The van der Waals surface area contributed by atoms with Crippen molar-refractivity contribution in [1.82, 2.24) is 19.5 Å². The predicted octanol–water partition coefficient (Wildman–Crippen LogP) is 0.174. The van der Waals surface area contributed by atoms with Crippen molar-refractivity contribution < 1.29 is 19.4 Å². The van der Waals surface area contributed by atoms with Crippen LogP contribution in [0.5, 0.6) is 0 Å². The molecule has 2 fully saturated rings. The topological polar surface area (TPSA) is 126 Å². The molecule has 4 rings (SSSR count). The van der Waals surface area contributed by atoms with Gasteiger partial charge in [-0.2, -0.15) is 0 Å². The van der Waals surface area contributed by atoms with Crippen molar-refractivity contribution in [2.45, 2.75) is 31.3 Å². The molecule has 2 aromatic rings. The van der Waals surface area contributed by atoms with Crippen LogP contribution in [-0.4, -0.2) is 62.7 Å². The lowest BCUT2D eigenvalue weighted by atomic mass is 10.1. The molecule has 11 nitrogen and oxygen atoms in total. The van der Waals surface area contributed by atoms with Crippen molar-refractivity contribution in [3.8, 4) is 0 Å². The molecule has 2 aromatic heterocycles. The Morgan fingerprint density at radius 1 is 1.38 bits per heavy atom. The molecule has 0 aliphatic carbocycles. The highest BCUT2D eigenvalue weighted by molar-refractivity contribution is 5.82. The van der Waals surface area contributed by atoms with E-state index in [-0.39, 0.29) is 18.8 Å². The first-order chi connectivity index (χ1) is 11.7. The number of aromatic nitrogens is 4. The number of fused-ring (bicyclic) bond motifs is 2. The molecule has 2 aliphatic rings. The zero-order chi connectivity index (χ0) is 16.7. The number of nitrogens with zero attached hydrogens (tertiary/aromatic N) is 5. The first-order valence-electron chi connectivity index (χ1n) is 7.64. The van der Waals surface area contributed by atoms with Crippen LogP contribution in [-0.2, 0) is 14.3 Å². The highest BCUT2D eigenvalue weighted by atomic mass is 17.0. The summed E-state index contributed by atoms with van der Waals surface area (Å²) < 4.78 is 13.3. The summed E-state index contributed by atoms with van der Waals surface area (Å²) in [6.07, 6.45) is 1.61. The minimum Gasteiger partial charge on any atom is -0.371 e. The Balaban J connectivity index is 1.62. The molecule has 1 N–H and O–H groups in total. The van der Waals surface area contributed by atoms with Crippen LogP contribution in [0.25, 0.3) is 11.2 Å². The molecule has 0 radical (unpaired) electrons. The summed E-state index contributed by atoms with van der Waals surface area (Å²) in [7, 11) is 0. The van der Waals surface area contributed by atoms with Gasteiger partial charge in [0.05, 0.1) is 25.6 Å². The Kier molecular flexibility index (Phi) is 3.65. The number of imidazole rings is 1. The average Bonchev–Trinajstić information content (AvgIpc) is 3.23. The maximum absolute atomic E-state index is 10.6. The third-order valence-electron chi connectivity index (χ3n) is 4.26. The summed E-state index contributed by atoms with van der Waals surface area (Å²) in [5.41, 5.74) is 1.33. The molecule has 4 heterocycles. The van der Waals surface area contributed by atoms with E-state index in [0.29, 0.717) is 23.6 Å². The van der Waals surface area contributed by atoms with E-state index in [0.717, 1.165) is 6.54 Å². The van der Waals surface area contributed by atoms with E-state index in [1.165, 1.54) is 6.33 Å². The lowest BCUT2D eigenvalue weighted by Crippen LogP contribution is -2.33. The van der Waals surface area contributed by atoms with Crippen LogP contribution >= 0.6 is 0 Å². The smallest absolute Gasteiger partial charge is 0.294 e. The zero-order valence-electron chi connectivity index (χ0n) is 12.9. The van der Waals surface area contributed by atoms with Gasteiger partial charge in [0, 0.05) is 6.54 Å². The second kappa shape index (κ2) is 5.83. The quantitative estimate of drug-likeness (QED) is 0.600. The summed E-state index contributed by atoms with van der Waals surface area (Å²) in [4.78, 5) is 28.1. The Hall–Kier alpha value is -2.53. The molecule has 0 spiro atoms. The Morgan fingerprint density at radius 2 is 2.21 bits per heavy atom. The predicted molar refractivity (Wildman–Crippen MR) is 79.9 cm³/mol. The number of nitrogens with one attached hydrogen (secondary N) is 1. The monoisotopic (exact) mass is 336 g/mol.